The number of amides is 2. The Kier molecular flexibility index (Phi) is 6.95. The zero-order chi connectivity index (χ0) is 25.3. The minimum atomic E-state index is -1.33. The van der Waals surface area contributed by atoms with Crippen molar-refractivity contribution in [1.29, 1.82) is 0 Å². The molecule has 16 heteroatoms. The average molecular weight is 537 g/mol. The van der Waals surface area contributed by atoms with Gasteiger partial charge in [-0.3, -0.25) is 24.6 Å². The number of nitrogens with two attached hydrogens (primary N) is 1. The van der Waals surface area contributed by atoms with E-state index in [1.54, 1.807) is 6.07 Å². The Bertz CT molecular complexity index is 1290. The molecule has 0 bridgehead atoms. The number of rotatable bonds is 8. The topological polar surface area (TPSA) is 190 Å². The Morgan fingerprint density at radius 2 is 2.23 bits per heavy atom. The highest BCUT2D eigenvalue weighted by molar-refractivity contribution is 8.22. The summed E-state index contributed by atoms with van der Waals surface area (Å²) < 4.78 is 0.312. The van der Waals surface area contributed by atoms with Crippen LogP contribution in [0.15, 0.2) is 49.6 Å². The molecule has 0 saturated carbocycles. The Morgan fingerprint density at radius 3 is 2.86 bits per heavy atom. The maximum atomic E-state index is 12.9. The summed E-state index contributed by atoms with van der Waals surface area (Å²) in [5, 5.41) is 28.8. The number of nitrogens with one attached hydrogen (secondary N) is 1. The summed E-state index contributed by atoms with van der Waals surface area (Å²) in [7, 11) is 1.25. The van der Waals surface area contributed by atoms with E-state index in [0.717, 1.165) is 28.0 Å². The van der Waals surface area contributed by atoms with Crippen LogP contribution in [0.2, 0.25) is 0 Å². The number of carboxylic acids is 1. The zero-order valence-corrected chi connectivity index (χ0v) is 20.2. The van der Waals surface area contributed by atoms with E-state index in [2.05, 4.69) is 15.5 Å². The van der Waals surface area contributed by atoms with Gasteiger partial charge in [0.2, 0.25) is 0 Å². The van der Waals surface area contributed by atoms with E-state index >= 15 is 0 Å². The lowest BCUT2D eigenvalue weighted by atomic mass is 9.95. The van der Waals surface area contributed by atoms with Crippen LogP contribution in [0.5, 0.6) is 0 Å². The van der Waals surface area contributed by atoms with Gasteiger partial charge < -0.3 is 21.0 Å². The van der Waals surface area contributed by atoms with Crippen molar-refractivity contribution in [2.75, 3.05) is 18.6 Å². The molecular weight excluding hydrogens is 520 g/mol. The second kappa shape index (κ2) is 9.93. The number of nitro benzene ring substituents is 1. The molecule has 4 rings (SSSR count). The maximum absolute atomic E-state index is 12.9. The van der Waals surface area contributed by atoms with E-state index in [9.17, 15) is 29.6 Å². The third kappa shape index (κ3) is 4.80. The van der Waals surface area contributed by atoms with E-state index < -0.39 is 34.8 Å². The maximum Gasteiger partial charge on any atom is 0.354 e. The third-order valence-electron chi connectivity index (χ3n) is 4.93. The predicted molar refractivity (Wildman–Crippen MR) is 129 cm³/mol. The normalized spacial score (nSPS) is 19.6. The van der Waals surface area contributed by atoms with Crippen LogP contribution < -0.4 is 11.1 Å². The molecule has 3 heterocycles. The van der Waals surface area contributed by atoms with Crippen molar-refractivity contribution in [3.8, 4) is 0 Å². The third-order valence-corrected chi connectivity index (χ3v) is 8.04. The van der Waals surface area contributed by atoms with Crippen molar-refractivity contribution in [2.24, 2.45) is 5.16 Å². The summed E-state index contributed by atoms with van der Waals surface area (Å²) in [5.74, 6) is -2.36. The van der Waals surface area contributed by atoms with Gasteiger partial charge in [-0.25, -0.2) is 9.78 Å². The van der Waals surface area contributed by atoms with Crippen molar-refractivity contribution in [3.05, 3.63) is 55.4 Å². The van der Waals surface area contributed by atoms with Crippen LogP contribution in [0.4, 0.5) is 10.8 Å². The van der Waals surface area contributed by atoms with E-state index in [-0.39, 0.29) is 27.9 Å². The highest BCUT2D eigenvalue weighted by atomic mass is 32.2. The van der Waals surface area contributed by atoms with Crippen LogP contribution in [-0.4, -0.2) is 68.4 Å². The molecule has 0 radical (unpaired) electrons. The van der Waals surface area contributed by atoms with Crippen molar-refractivity contribution in [2.45, 2.75) is 17.0 Å². The van der Waals surface area contributed by atoms with Gasteiger partial charge in [-0.15, -0.1) is 23.1 Å². The fourth-order valence-electron chi connectivity index (χ4n) is 3.41. The monoisotopic (exact) mass is 536 g/mol. The number of oxime groups is 1. The first-order valence-electron chi connectivity index (χ1n) is 9.70. The molecule has 13 nitrogen and oxygen atoms in total. The number of β-lactam (4-membered cyclic amide) rings is 1. The number of non-ortho nitro benzene ring substituents is 1. The number of nitrogens with zero attached hydrogens (tertiary/aromatic N) is 4. The molecule has 1 fully saturated rings. The number of aromatic nitrogens is 1. The number of anilines is 1. The largest absolute Gasteiger partial charge is 0.477 e. The Morgan fingerprint density at radius 1 is 1.46 bits per heavy atom. The minimum absolute atomic E-state index is 0.135. The Labute approximate surface area is 209 Å². The Balaban J connectivity index is 1.54. The lowest BCUT2D eigenvalue weighted by Gasteiger charge is -2.49. The number of hydrogen-bond acceptors (Lipinski definition) is 12. The van der Waals surface area contributed by atoms with Gasteiger partial charge in [-0.1, -0.05) is 23.0 Å². The second-order valence-electron chi connectivity index (χ2n) is 7.03. The number of carbonyl (C=O) groups excluding carboxylic acids is 2. The molecule has 0 spiro atoms. The van der Waals surface area contributed by atoms with Crippen LogP contribution >= 0.6 is 34.9 Å². The number of aliphatic carboxylic acids is 1. The Hall–Kier alpha value is -3.63. The first kappa shape index (κ1) is 24.5. The molecule has 35 heavy (non-hydrogen) atoms. The standard InChI is InChI=1S/C19H16N6O7S3/c1-32-23-12(10-6-34-19(20)21-10)15(26)22-13-11-7-33-18(14(17(28)29)24(11)16(13)27)35-9-4-2-3-8(5-9)25(30)31/h2-6,11,13H,7H2,1H3,(H2,20,21)(H,22,26)(H,28,29). The summed E-state index contributed by atoms with van der Waals surface area (Å²) >= 11 is 3.31. The molecule has 1 aromatic heterocycles. The summed E-state index contributed by atoms with van der Waals surface area (Å²) in [6, 6.07) is 4.17. The zero-order valence-electron chi connectivity index (χ0n) is 17.7. The van der Waals surface area contributed by atoms with Crippen LogP contribution in [0, 0.1) is 10.1 Å². The van der Waals surface area contributed by atoms with Gasteiger partial charge in [0.05, 0.1) is 15.2 Å². The van der Waals surface area contributed by atoms with Crippen LogP contribution in [0.25, 0.3) is 0 Å². The fourth-order valence-corrected chi connectivity index (χ4v) is 6.50. The van der Waals surface area contributed by atoms with Gasteiger partial charge in [-0.05, 0) is 6.07 Å². The molecule has 2 aliphatic heterocycles. The quantitative estimate of drug-likeness (QED) is 0.192. The molecule has 2 aromatic rings. The number of fused-ring (bicyclic) bond motifs is 1. The summed E-state index contributed by atoms with van der Waals surface area (Å²) in [4.78, 5) is 58.6. The van der Waals surface area contributed by atoms with Crippen LogP contribution in [0.1, 0.15) is 5.69 Å². The lowest BCUT2D eigenvalue weighted by Crippen LogP contribution is -2.72. The number of nitrogen functional groups attached to an aromatic ring is 1. The SMILES string of the molecule is CON=C(C(=O)NC1C(=O)N2C(C(=O)O)=C(Sc3cccc([N+](=O)[O-])c3)SCC12)c1csc(N)n1. The molecule has 1 aromatic carbocycles. The van der Waals surface area contributed by atoms with Gasteiger partial charge >= 0.3 is 5.97 Å². The average Bonchev–Trinajstić information content (AvgIpc) is 3.26. The summed E-state index contributed by atoms with van der Waals surface area (Å²) in [5.41, 5.74) is 5.24. The minimum Gasteiger partial charge on any atom is -0.477 e. The first-order valence-corrected chi connectivity index (χ1v) is 12.4. The number of thioether (sulfide) groups is 2. The number of benzene rings is 1. The highest BCUT2D eigenvalue weighted by Gasteiger charge is 2.54. The molecule has 2 aliphatic rings. The number of nitro groups is 1. The van der Waals surface area contributed by atoms with Crippen molar-refractivity contribution < 1.29 is 29.3 Å². The highest BCUT2D eigenvalue weighted by Crippen LogP contribution is 2.46. The fraction of sp³-hybridized carbons (Fsp3) is 0.211. The van der Waals surface area contributed by atoms with Gasteiger partial charge in [0, 0.05) is 28.2 Å². The molecule has 2 amide bonds. The van der Waals surface area contributed by atoms with Crippen LogP contribution in [-0.2, 0) is 19.2 Å². The predicted octanol–water partition coefficient (Wildman–Crippen LogP) is 1.47. The van der Waals surface area contributed by atoms with Crippen molar-refractivity contribution >= 4 is 69.2 Å². The van der Waals surface area contributed by atoms with E-state index in [1.165, 1.54) is 42.5 Å². The second-order valence-corrected chi connectivity index (χ2v) is 10.3. The van der Waals surface area contributed by atoms with Crippen molar-refractivity contribution in [3.63, 3.8) is 0 Å². The summed E-state index contributed by atoms with van der Waals surface area (Å²) in [6.45, 7) is 0. The van der Waals surface area contributed by atoms with E-state index in [1.807, 2.05) is 0 Å². The number of hydrogen-bond donors (Lipinski definition) is 3. The number of carboxylic acid groups (broad SMARTS) is 1. The van der Waals surface area contributed by atoms with Crippen LogP contribution in [0.3, 0.4) is 0 Å². The first-order chi connectivity index (χ1) is 16.7. The molecule has 1 saturated heterocycles. The van der Waals surface area contributed by atoms with E-state index in [0.29, 0.717) is 14.9 Å². The molecule has 182 valence electrons. The van der Waals surface area contributed by atoms with Gasteiger partial charge in [0.25, 0.3) is 17.5 Å². The molecule has 2 unspecified atom stereocenters. The lowest BCUT2D eigenvalue weighted by molar-refractivity contribution is -0.385. The number of carbonyl (C=O) groups is 3. The van der Waals surface area contributed by atoms with Crippen molar-refractivity contribution in [1.82, 2.24) is 15.2 Å². The molecular formula is C19H16N6O7S3. The molecule has 0 aliphatic carbocycles. The molecule has 2 atom stereocenters. The van der Waals surface area contributed by atoms with E-state index in [4.69, 9.17) is 10.6 Å². The number of thiazole rings is 1. The van der Waals surface area contributed by atoms with Gasteiger partial charge in [0.15, 0.2) is 16.5 Å². The smallest absolute Gasteiger partial charge is 0.354 e. The van der Waals surface area contributed by atoms with Gasteiger partial charge in [-0.2, -0.15) is 0 Å². The van der Waals surface area contributed by atoms with Gasteiger partial charge in [0.1, 0.15) is 18.8 Å². The summed E-state index contributed by atoms with van der Waals surface area (Å²) in [6.07, 6.45) is 0. The molecule has 4 N–H and O–H groups in total.